The molecule has 1 nitrogen and oxygen atoms in total. The van der Waals surface area contributed by atoms with Crippen LogP contribution in [0.15, 0.2) is 0 Å². The van der Waals surface area contributed by atoms with Gasteiger partial charge in [0.05, 0.1) is 0 Å². The lowest BCUT2D eigenvalue weighted by Crippen LogP contribution is -2.35. The fraction of sp³-hybridized carbons (Fsp3) is 1.00. The van der Waals surface area contributed by atoms with E-state index in [0.29, 0.717) is 5.41 Å². The summed E-state index contributed by atoms with van der Waals surface area (Å²) in [5, 5.41) is 3.74. The molecule has 1 aliphatic carbocycles. The first kappa shape index (κ1) is 13.0. The van der Waals surface area contributed by atoms with E-state index in [1.54, 1.807) is 0 Å². The zero-order chi connectivity index (χ0) is 11.3. The average molecular weight is 211 g/mol. The molecule has 0 aromatic heterocycles. The molecule has 2 unspecified atom stereocenters. The quantitative estimate of drug-likeness (QED) is 0.741. The molecule has 1 rings (SSSR count). The van der Waals surface area contributed by atoms with Crippen LogP contribution in [0.5, 0.6) is 0 Å². The van der Waals surface area contributed by atoms with Gasteiger partial charge in [0.25, 0.3) is 0 Å². The monoisotopic (exact) mass is 211 g/mol. The van der Waals surface area contributed by atoms with Gasteiger partial charge in [-0.15, -0.1) is 0 Å². The third kappa shape index (κ3) is 5.55. The van der Waals surface area contributed by atoms with E-state index in [4.69, 9.17) is 0 Å². The SMILES string of the molecule is CCC1CCCC(NCCC(C)(C)C)C1. The molecule has 0 heterocycles. The lowest BCUT2D eigenvalue weighted by Gasteiger charge is -2.30. The highest BCUT2D eigenvalue weighted by Gasteiger charge is 2.20. The van der Waals surface area contributed by atoms with Gasteiger partial charge in [0.15, 0.2) is 0 Å². The molecule has 0 saturated heterocycles. The normalized spacial score (nSPS) is 28.0. The Morgan fingerprint density at radius 3 is 2.53 bits per heavy atom. The standard InChI is InChI=1S/C14H29N/c1-5-12-7-6-8-13(11-12)15-10-9-14(2,3)4/h12-13,15H,5-11H2,1-4H3. The summed E-state index contributed by atoms with van der Waals surface area (Å²) < 4.78 is 0. The highest BCUT2D eigenvalue weighted by atomic mass is 14.9. The van der Waals surface area contributed by atoms with E-state index in [-0.39, 0.29) is 0 Å². The topological polar surface area (TPSA) is 12.0 Å². The van der Waals surface area contributed by atoms with Crippen molar-refractivity contribution in [3.05, 3.63) is 0 Å². The van der Waals surface area contributed by atoms with E-state index in [1.807, 2.05) is 0 Å². The number of hydrogen-bond acceptors (Lipinski definition) is 1. The summed E-state index contributed by atoms with van der Waals surface area (Å²) in [6.07, 6.45) is 8.39. The second kappa shape index (κ2) is 5.89. The van der Waals surface area contributed by atoms with Gasteiger partial charge in [-0.1, -0.05) is 47.0 Å². The van der Waals surface area contributed by atoms with Crippen LogP contribution in [-0.2, 0) is 0 Å². The van der Waals surface area contributed by atoms with Gasteiger partial charge in [0.2, 0.25) is 0 Å². The van der Waals surface area contributed by atoms with Crippen molar-refractivity contribution in [3.63, 3.8) is 0 Å². The molecule has 2 atom stereocenters. The minimum Gasteiger partial charge on any atom is -0.314 e. The van der Waals surface area contributed by atoms with Crippen LogP contribution in [0, 0.1) is 11.3 Å². The first-order valence-electron chi connectivity index (χ1n) is 6.74. The van der Waals surface area contributed by atoms with Gasteiger partial charge in [-0.05, 0) is 37.1 Å². The Hall–Kier alpha value is -0.0400. The summed E-state index contributed by atoms with van der Waals surface area (Å²) in [5.41, 5.74) is 0.478. The first-order chi connectivity index (χ1) is 7.01. The second-order valence-corrected chi connectivity index (χ2v) is 6.40. The number of rotatable bonds is 4. The Bertz CT molecular complexity index is 169. The zero-order valence-electron chi connectivity index (χ0n) is 11.1. The van der Waals surface area contributed by atoms with Crippen molar-refractivity contribution < 1.29 is 0 Å². The van der Waals surface area contributed by atoms with Gasteiger partial charge in [0.1, 0.15) is 0 Å². The molecule has 0 aromatic rings. The molecular formula is C14H29N. The Morgan fingerprint density at radius 1 is 1.20 bits per heavy atom. The summed E-state index contributed by atoms with van der Waals surface area (Å²) in [6, 6.07) is 0.811. The average Bonchev–Trinajstić information content (AvgIpc) is 2.16. The van der Waals surface area contributed by atoms with Gasteiger partial charge in [-0.2, -0.15) is 0 Å². The Labute approximate surface area is 96.0 Å². The molecule has 1 fully saturated rings. The van der Waals surface area contributed by atoms with Crippen LogP contribution in [0.4, 0.5) is 0 Å². The largest absolute Gasteiger partial charge is 0.314 e. The molecule has 0 aromatic carbocycles. The van der Waals surface area contributed by atoms with Crippen LogP contribution in [0.1, 0.15) is 66.2 Å². The minimum absolute atomic E-state index is 0.478. The minimum atomic E-state index is 0.478. The smallest absolute Gasteiger partial charge is 0.00697 e. The predicted molar refractivity (Wildman–Crippen MR) is 68.1 cm³/mol. The van der Waals surface area contributed by atoms with Crippen LogP contribution < -0.4 is 5.32 Å². The second-order valence-electron chi connectivity index (χ2n) is 6.40. The lowest BCUT2D eigenvalue weighted by molar-refractivity contribution is 0.266. The summed E-state index contributed by atoms with van der Waals surface area (Å²) >= 11 is 0. The molecule has 0 bridgehead atoms. The van der Waals surface area contributed by atoms with Gasteiger partial charge < -0.3 is 5.32 Å². The van der Waals surface area contributed by atoms with Crippen molar-refractivity contribution in [1.82, 2.24) is 5.32 Å². The summed E-state index contributed by atoms with van der Waals surface area (Å²) in [4.78, 5) is 0. The molecule has 0 amide bonds. The van der Waals surface area contributed by atoms with Crippen LogP contribution >= 0.6 is 0 Å². The highest BCUT2D eigenvalue weighted by Crippen LogP contribution is 2.26. The zero-order valence-corrected chi connectivity index (χ0v) is 11.1. The van der Waals surface area contributed by atoms with E-state index in [1.165, 1.54) is 45.1 Å². The third-order valence-corrected chi connectivity index (χ3v) is 3.67. The highest BCUT2D eigenvalue weighted by molar-refractivity contribution is 4.78. The van der Waals surface area contributed by atoms with Crippen LogP contribution in [0.25, 0.3) is 0 Å². The maximum Gasteiger partial charge on any atom is 0.00697 e. The van der Waals surface area contributed by atoms with Crippen molar-refractivity contribution >= 4 is 0 Å². The summed E-state index contributed by atoms with van der Waals surface area (Å²) in [6.45, 7) is 10.5. The molecule has 0 spiro atoms. The van der Waals surface area contributed by atoms with Crippen molar-refractivity contribution in [2.45, 2.75) is 72.3 Å². The Balaban J connectivity index is 2.15. The molecule has 0 aliphatic heterocycles. The van der Waals surface area contributed by atoms with Crippen molar-refractivity contribution in [3.8, 4) is 0 Å². The molecule has 1 saturated carbocycles. The fourth-order valence-corrected chi connectivity index (χ4v) is 2.50. The van der Waals surface area contributed by atoms with Gasteiger partial charge in [0, 0.05) is 6.04 Å². The molecule has 1 heteroatoms. The Morgan fingerprint density at radius 2 is 1.93 bits per heavy atom. The van der Waals surface area contributed by atoms with Gasteiger partial charge >= 0.3 is 0 Å². The van der Waals surface area contributed by atoms with Crippen molar-refractivity contribution in [2.24, 2.45) is 11.3 Å². The van der Waals surface area contributed by atoms with Crippen LogP contribution in [0.3, 0.4) is 0 Å². The van der Waals surface area contributed by atoms with E-state index in [2.05, 4.69) is 33.0 Å². The molecule has 1 aliphatic rings. The van der Waals surface area contributed by atoms with Crippen molar-refractivity contribution in [1.29, 1.82) is 0 Å². The molecule has 1 N–H and O–H groups in total. The van der Waals surface area contributed by atoms with E-state index >= 15 is 0 Å². The van der Waals surface area contributed by atoms with E-state index in [9.17, 15) is 0 Å². The number of nitrogens with one attached hydrogen (secondary N) is 1. The van der Waals surface area contributed by atoms with Crippen LogP contribution in [-0.4, -0.2) is 12.6 Å². The molecule has 15 heavy (non-hydrogen) atoms. The predicted octanol–water partition coefficient (Wildman–Crippen LogP) is 3.98. The van der Waals surface area contributed by atoms with Crippen LogP contribution in [0.2, 0.25) is 0 Å². The molecule has 0 radical (unpaired) electrons. The third-order valence-electron chi connectivity index (χ3n) is 3.67. The maximum atomic E-state index is 3.74. The molecule has 90 valence electrons. The molecular weight excluding hydrogens is 182 g/mol. The van der Waals surface area contributed by atoms with Gasteiger partial charge in [-0.25, -0.2) is 0 Å². The maximum absolute atomic E-state index is 3.74. The van der Waals surface area contributed by atoms with E-state index < -0.39 is 0 Å². The fourth-order valence-electron chi connectivity index (χ4n) is 2.50. The van der Waals surface area contributed by atoms with E-state index in [0.717, 1.165) is 12.0 Å². The first-order valence-corrected chi connectivity index (χ1v) is 6.74. The summed E-state index contributed by atoms with van der Waals surface area (Å²) in [5.74, 6) is 0.992. The Kier molecular flexibility index (Phi) is 5.11. The lowest BCUT2D eigenvalue weighted by atomic mass is 9.84. The van der Waals surface area contributed by atoms with Crippen molar-refractivity contribution in [2.75, 3.05) is 6.54 Å². The number of hydrogen-bond donors (Lipinski definition) is 1. The summed E-state index contributed by atoms with van der Waals surface area (Å²) in [7, 11) is 0. The van der Waals surface area contributed by atoms with Gasteiger partial charge in [-0.3, -0.25) is 0 Å².